The lowest BCUT2D eigenvalue weighted by Gasteiger charge is -2.33. The minimum atomic E-state index is -0.326. The van der Waals surface area contributed by atoms with Gasteiger partial charge in [-0.3, -0.25) is 9.59 Å². The molecule has 1 fully saturated rings. The van der Waals surface area contributed by atoms with Gasteiger partial charge in [0.2, 0.25) is 5.91 Å². The Morgan fingerprint density at radius 2 is 1.74 bits per heavy atom. The summed E-state index contributed by atoms with van der Waals surface area (Å²) in [5.74, 6) is 0.688. The highest BCUT2D eigenvalue weighted by atomic mass is 16.2. The summed E-state index contributed by atoms with van der Waals surface area (Å²) in [6.07, 6.45) is 1.63. The van der Waals surface area contributed by atoms with Crippen LogP contribution in [0.25, 0.3) is 0 Å². The number of hydrogen-bond donors (Lipinski definition) is 1. The van der Waals surface area contributed by atoms with Gasteiger partial charge in [-0.1, -0.05) is 18.2 Å². The fraction of sp³-hybridized carbons (Fsp3) is 0.400. The molecule has 0 bridgehead atoms. The Bertz CT molecular complexity index is 450. The number of nitrogens with zero attached hydrogens (tertiary/aromatic N) is 1. The highest BCUT2D eigenvalue weighted by Crippen LogP contribution is 2.26. The molecular weight excluding hydrogens is 240 g/mol. The molecule has 4 nitrogen and oxygen atoms in total. The second kappa shape index (κ2) is 5.87. The molecule has 4 heteroatoms. The quantitative estimate of drug-likeness (QED) is 0.896. The fourth-order valence-corrected chi connectivity index (χ4v) is 2.48. The molecule has 1 aliphatic heterocycles. The van der Waals surface area contributed by atoms with Gasteiger partial charge in [-0.05, 0) is 37.8 Å². The summed E-state index contributed by atoms with van der Waals surface area (Å²) in [5, 5.41) is 0. The Kier molecular flexibility index (Phi) is 4.20. The first-order valence-corrected chi connectivity index (χ1v) is 6.57. The molecule has 2 N–H and O–H groups in total. The summed E-state index contributed by atoms with van der Waals surface area (Å²) in [4.78, 5) is 25.2. The summed E-state index contributed by atoms with van der Waals surface area (Å²) >= 11 is 0. The van der Waals surface area contributed by atoms with Gasteiger partial charge in [-0.25, -0.2) is 0 Å². The zero-order chi connectivity index (χ0) is 13.8. The molecule has 0 atom stereocenters. The van der Waals surface area contributed by atoms with Crippen LogP contribution in [0.2, 0.25) is 0 Å². The molecule has 0 aliphatic carbocycles. The summed E-state index contributed by atoms with van der Waals surface area (Å²) in [5.41, 5.74) is 6.01. The van der Waals surface area contributed by atoms with Crippen molar-refractivity contribution in [3.05, 3.63) is 41.8 Å². The second-order valence-electron chi connectivity index (χ2n) is 4.98. The molecule has 0 spiro atoms. The van der Waals surface area contributed by atoms with Crippen LogP contribution >= 0.6 is 0 Å². The van der Waals surface area contributed by atoms with Gasteiger partial charge in [0.1, 0.15) is 0 Å². The smallest absolute Gasteiger partial charge is 0.253 e. The van der Waals surface area contributed by atoms with E-state index in [1.54, 1.807) is 6.92 Å². The lowest BCUT2D eigenvalue weighted by Crippen LogP contribution is -2.41. The van der Waals surface area contributed by atoms with Crippen LogP contribution < -0.4 is 5.73 Å². The van der Waals surface area contributed by atoms with Crippen LogP contribution in [0.4, 0.5) is 0 Å². The number of amides is 2. The molecule has 1 aromatic rings. The minimum Gasteiger partial charge on any atom is -0.369 e. The number of rotatable bonds is 3. The van der Waals surface area contributed by atoms with Crippen molar-refractivity contribution < 1.29 is 9.59 Å². The highest BCUT2D eigenvalue weighted by Gasteiger charge is 2.29. The van der Waals surface area contributed by atoms with E-state index in [9.17, 15) is 9.59 Å². The van der Waals surface area contributed by atoms with Crippen LogP contribution in [-0.2, 0) is 4.79 Å². The van der Waals surface area contributed by atoms with Gasteiger partial charge in [-0.15, -0.1) is 0 Å². The van der Waals surface area contributed by atoms with Crippen molar-refractivity contribution in [2.24, 2.45) is 11.7 Å². The molecule has 2 rings (SSSR count). The number of likely N-dealkylation sites (tertiary alicyclic amines) is 1. The lowest BCUT2D eigenvalue weighted by atomic mass is 9.85. The third-order valence-corrected chi connectivity index (χ3v) is 3.80. The molecule has 1 aromatic carbocycles. The van der Waals surface area contributed by atoms with Gasteiger partial charge in [-0.2, -0.15) is 0 Å². The average Bonchev–Trinajstić information content (AvgIpc) is 2.46. The molecule has 1 radical (unpaired) electrons. The molecule has 0 unspecified atom stereocenters. The van der Waals surface area contributed by atoms with Gasteiger partial charge in [0.25, 0.3) is 5.91 Å². The van der Waals surface area contributed by atoms with Crippen molar-refractivity contribution >= 4 is 11.8 Å². The largest absolute Gasteiger partial charge is 0.369 e. The summed E-state index contributed by atoms with van der Waals surface area (Å²) in [6.45, 7) is 3.16. The number of carbonyl (C=O) groups is 2. The maximum atomic E-state index is 12.2. The number of piperidine rings is 1. The fourth-order valence-electron chi connectivity index (χ4n) is 2.48. The van der Waals surface area contributed by atoms with E-state index in [-0.39, 0.29) is 17.7 Å². The predicted octanol–water partition coefficient (Wildman–Crippen LogP) is 1.62. The third-order valence-electron chi connectivity index (χ3n) is 3.80. The molecule has 0 saturated carbocycles. The highest BCUT2D eigenvalue weighted by molar-refractivity contribution is 5.94. The van der Waals surface area contributed by atoms with Crippen LogP contribution in [0.5, 0.6) is 0 Å². The molecule has 1 aliphatic rings. The van der Waals surface area contributed by atoms with Crippen molar-refractivity contribution in [3.63, 3.8) is 0 Å². The van der Waals surface area contributed by atoms with Crippen molar-refractivity contribution in [1.29, 1.82) is 0 Å². The molecular formula is C15H19N2O2. The number of benzene rings is 1. The first kappa shape index (κ1) is 13.6. The summed E-state index contributed by atoms with van der Waals surface area (Å²) < 4.78 is 0. The van der Waals surface area contributed by atoms with Crippen LogP contribution in [-0.4, -0.2) is 29.8 Å². The zero-order valence-electron chi connectivity index (χ0n) is 11.1. The Labute approximate surface area is 113 Å². The van der Waals surface area contributed by atoms with Crippen molar-refractivity contribution in [3.8, 4) is 0 Å². The van der Waals surface area contributed by atoms with Gasteiger partial charge in [0.15, 0.2) is 0 Å². The number of hydrogen-bond acceptors (Lipinski definition) is 2. The van der Waals surface area contributed by atoms with Gasteiger partial charge in [0, 0.05) is 18.7 Å². The number of nitrogens with two attached hydrogens (primary N) is 1. The van der Waals surface area contributed by atoms with E-state index in [0.717, 1.165) is 24.3 Å². The molecule has 1 saturated heterocycles. The average molecular weight is 259 g/mol. The Balaban J connectivity index is 1.93. The van der Waals surface area contributed by atoms with Crippen LogP contribution in [0.1, 0.15) is 30.1 Å². The maximum Gasteiger partial charge on any atom is 0.253 e. The Morgan fingerprint density at radius 1 is 1.16 bits per heavy atom. The third kappa shape index (κ3) is 3.13. The maximum absolute atomic E-state index is 12.2. The monoisotopic (exact) mass is 259 g/mol. The van der Waals surface area contributed by atoms with Gasteiger partial charge in [0.05, 0.1) is 5.92 Å². The first-order chi connectivity index (χ1) is 9.09. The standard InChI is InChI=1S/C15H19N2O2/c1-11(14(16)18)12-7-9-17(10-8-12)15(19)13-5-3-2-4-6-13/h2-6,12H,7-10H2,1H3,(H2,16,18). The van der Waals surface area contributed by atoms with E-state index in [1.165, 1.54) is 0 Å². The predicted molar refractivity (Wildman–Crippen MR) is 73.2 cm³/mol. The van der Waals surface area contributed by atoms with E-state index < -0.39 is 0 Å². The van der Waals surface area contributed by atoms with Crippen LogP contribution in [0.15, 0.2) is 30.3 Å². The van der Waals surface area contributed by atoms with E-state index >= 15 is 0 Å². The normalized spacial score (nSPS) is 16.6. The lowest BCUT2D eigenvalue weighted by molar-refractivity contribution is -0.117. The molecule has 101 valence electrons. The molecule has 19 heavy (non-hydrogen) atoms. The first-order valence-electron chi connectivity index (χ1n) is 6.57. The van der Waals surface area contributed by atoms with E-state index in [0.29, 0.717) is 13.1 Å². The van der Waals surface area contributed by atoms with E-state index in [2.05, 4.69) is 0 Å². The number of primary amides is 1. The second-order valence-corrected chi connectivity index (χ2v) is 4.98. The summed E-state index contributed by atoms with van der Waals surface area (Å²) in [6, 6.07) is 9.29. The van der Waals surface area contributed by atoms with Crippen LogP contribution in [0.3, 0.4) is 0 Å². The van der Waals surface area contributed by atoms with Crippen molar-refractivity contribution in [2.45, 2.75) is 19.8 Å². The van der Waals surface area contributed by atoms with Crippen molar-refractivity contribution in [2.75, 3.05) is 13.1 Å². The molecule has 1 heterocycles. The summed E-state index contributed by atoms with van der Waals surface area (Å²) in [7, 11) is 0. The van der Waals surface area contributed by atoms with E-state index in [4.69, 9.17) is 5.73 Å². The topological polar surface area (TPSA) is 63.4 Å². The van der Waals surface area contributed by atoms with Gasteiger partial charge < -0.3 is 10.6 Å². The van der Waals surface area contributed by atoms with Crippen molar-refractivity contribution in [1.82, 2.24) is 4.90 Å². The number of carbonyl (C=O) groups excluding carboxylic acids is 2. The van der Waals surface area contributed by atoms with Gasteiger partial charge >= 0.3 is 0 Å². The van der Waals surface area contributed by atoms with Crippen LogP contribution in [0, 0.1) is 11.8 Å². The molecule has 2 amide bonds. The zero-order valence-corrected chi connectivity index (χ0v) is 11.1. The Hall–Kier alpha value is -1.84. The van der Waals surface area contributed by atoms with E-state index in [1.807, 2.05) is 35.2 Å². The minimum absolute atomic E-state index is 0.0655. The molecule has 0 aromatic heterocycles. The Morgan fingerprint density at radius 3 is 2.26 bits per heavy atom. The SMILES string of the molecule is C[C](C(N)=O)C1CCN(C(=O)c2ccccc2)CC1.